The van der Waals surface area contributed by atoms with Crippen LogP contribution in [0.4, 0.5) is 10.1 Å². The second-order valence-electron chi connectivity index (χ2n) is 6.68. The highest BCUT2D eigenvalue weighted by atomic mass is 32.1. The Labute approximate surface area is 170 Å². The number of nitrogens with one attached hydrogen (secondary N) is 1. The van der Waals surface area contributed by atoms with Crippen molar-refractivity contribution in [3.05, 3.63) is 57.0 Å². The third kappa shape index (κ3) is 4.80. The first kappa shape index (κ1) is 20.1. The molecule has 0 radical (unpaired) electrons. The van der Waals surface area contributed by atoms with Gasteiger partial charge in [-0.05, 0) is 36.8 Å². The first-order valence-corrected chi connectivity index (χ1v) is 10.4. The lowest BCUT2D eigenvalue weighted by molar-refractivity contribution is -0.856. The topological polar surface area (TPSA) is 80.8 Å². The number of aromatic nitrogens is 1. The molecule has 0 unspecified atom stereocenters. The van der Waals surface area contributed by atoms with Crippen LogP contribution >= 0.6 is 22.7 Å². The number of amides is 1. The number of aryl methyl sites for hydroxylation is 1. The minimum absolute atomic E-state index is 0.0571. The summed E-state index contributed by atoms with van der Waals surface area (Å²) in [6.07, 6.45) is 3.07. The maximum Gasteiger partial charge on any atom is 0.324 e. The van der Waals surface area contributed by atoms with E-state index in [1.165, 1.54) is 28.4 Å². The molecular weight excluding hydrogens is 396 g/mol. The molecule has 2 aromatic heterocycles. The Bertz CT molecular complexity index is 1040. The molecule has 3 rings (SSSR count). The van der Waals surface area contributed by atoms with Crippen LogP contribution in [0.25, 0.3) is 16.3 Å². The summed E-state index contributed by atoms with van der Waals surface area (Å²) in [7, 11) is 4.07. The standard InChI is InChI=1S/C19H20N4O3S2/c1-13-4-7-15-16(12-13)28-19(20-15)22(11-10-21(2)3)17(24)8-5-14-6-9-18(27-14)23(25)26/h4-9,12H,10-11H2,1-3H3/p+1/b8-5+. The van der Waals surface area contributed by atoms with Gasteiger partial charge in [-0.3, -0.25) is 19.8 Å². The van der Waals surface area contributed by atoms with Crippen LogP contribution in [0, 0.1) is 17.0 Å². The fourth-order valence-corrected chi connectivity index (χ4v) is 4.36. The van der Waals surface area contributed by atoms with E-state index in [4.69, 9.17) is 0 Å². The van der Waals surface area contributed by atoms with Crippen LogP contribution in [0.15, 0.2) is 36.4 Å². The average molecular weight is 418 g/mol. The van der Waals surface area contributed by atoms with Crippen LogP contribution in [0.1, 0.15) is 10.4 Å². The molecular formula is C19H21N4O3S2+. The summed E-state index contributed by atoms with van der Waals surface area (Å²) >= 11 is 2.53. The zero-order valence-corrected chi connectivity index (χ0v) is 17.5. The van der Waals surface area contributed by atoms with Gasteiger partial charge in [0.1, 0.15) is 0 Å². The van der Waals surface area contributed by atoms with Crippen molar-refractivity contribution < 1.29 is 14.6 Å². The van der Waals surface area contributed by atoms with Gasteiger partial charge in [-0.15, -0.1) is 0 Å². The van der Waals surface area contributed by atoms with Gasteiger partial charge in [0.2, 0.25) is 0 Å². The fourth-order valence-electron chi connectivity index (χ4n) is 2.54. The van der Waals surface area contributed by atoms with Crippen LogP contribution in [-0.4, -0.2) is 43.0 Å². The Morgan fingerprint density at radius 2 is 2.07 bits per heavy atom. The summed E-state index contributed by atoms with van der Waals surface area (Å²) in [6.45, 7) is 3.34. The molecule has 146 valence electrons. The van der Waals surface area contributed by atoms with Crippen molar-refractivity contribution in [2.24, 2.45) is 0 Å². The van der Waals surface area contributed by atoms with Gasteiger partial charge in [0, 0.05) is 17.0 Å². The molecule has 0 bridgehead atoms. The van der Waals surface area contributed by atoms with Crippen LogP contribution in [0.2, 0.25) is 0 Å². The van der Waals surface area contributed by atoms with Gasteiger partial charge >= 0.3 is 5.00 Å². The Kier molecular flexibility index (Phi) is 6.18. The lowest BCUT2D eigenvalue weighted by atomic mass is 10.2. The average Bonchev–Trinajstić information content (AvgIpc) is 3.26. The zero-order chi connectivity index (χ0) is 20.3. The summed E-state index contributed by atoms with van der Waals surface area (Å²) in [5.41, 5.74) is 2.02. The van der Waals surface area contributed by atoms with Gasteiger partial charge in [0.05, 0.1) is 42.3 Å². The molecule has 0 atom stereocenters. The van der Waals surface area contributed by atoms with Crippen molar-refractivity contribution in [2.45, 2.75) is 6.92 Å². The van der Waals surface area contributed by atoms with E-state index in [2.05, 4.69) is 11.1 Å². The quantitative estimate of drug-likeness (QED) is 0.364. The Morgan fingerprint density at radius 1 is 1.29 bits per heavy atom. The van der Waals surface area contributed by atoms with E-state index >= 15 is 0 Å². The predicted octanol–water partition coefficient (Wildman–Crippen LogP) is 2.77. The molecule has 0 saturated carbocycles. The number of anilines is 1. The normalized spacial score (nSPS) is 11.6. The lowest BCUT2D eigenvalue weighted by Crippen LogP contribution is -3.06. The SMILES string of the molecule is Cc1ccc2nc(N(CC[NH+](C)C)C(=O)/C=C/c3ccc([N+](=O)[O-])s3)sc2c1. The number of rotatable bonds is 7. The molecule has 3 aromatic rings. The number of thiophene rings is 1. The second kappa shape index (κ2) is 8.59. The summed E-state index contributed by atoms with van der Waals surface area (Å²) in [5, 5.41) is 11.5. The minimum Gasteiger partial charge on any atom is -0.338 e. The van der Waals surface area contributed by atoms with Crippen LogP contribution in [0.5, 0.6) is 0 Å². The molecule has 2 heterocycles. The maximum absolute atomic E-state index is 12.9. The summed E-state index contributed by atoms with van der Waals surface area (Å²) < 4.78 is 1.04. The highest BCUT2D eigenvalue weighted by Crippen LogP contribution is 2.30. The molecule has 28 heavy (non-hydrogen) atoms. The van der Waals surface area contributed by atoms with Crippen molar-refractivity contribution in [1.29, 1.82) is 0 Å². The van der Waals surface area contributed by atoms with Gasteiger partial charge in [0.25, 0.3) is 5.91 Å². The molecule has 7 nitrogen and oxygen atoms in total. The van der Waals surface area contributed by atoms with E-state index in [1.54, 1.807) is 17.0 Å². The van der Waals surface area contributed by atoms with E-state index in [-0.39, 0.29) is 10.9 Å². The molecule has 0 fully saturated rings. The van der Waals surface area contributed by atoms with E-state index < -0.39 is 4.92 Å². The van der Waals surface area contributed by atoms with Crippen molar-refractivity contribution >= 4 is 55.0 Å². The molecule has 0 spiro atoms. The van der Waals surface area contributed by atoms with E-state index in [0.717, 1.165) is 33.7 Å². The first-order chi connectivity index (χ1) is 13.3. The second-order valence-corrected chi connectivity index (χ2v) is 8.78. The molecule has 0 aliphatic rings. The number of carbonyl (C=O) groups is 1. The number of nitro groups is 1. The predicted molar refractivity (Wildman–Crippen MR) is 114 cm³/mol. The van der Waals surface area contributed by atoms with Crippen LogP contribution in [0.3, 0.4) is 0 Å². The number of carbonyl (C=O) groups excluding carboxylic acids is 1. The summed E-state index contributed by atoms with van der Waals surface area (Å²) in [5.74, 6) is -0.187. The highest BCUT2D eigenvalue weighted by Gasteiger charge is 2.19. The van der Waals surface area contributed by atoms with E-state index in [9.17, 15) is 14.9 Å². The van der Waals surface area contributed by atoms with Gasteiger partial charge in [-0.2, -0.15) is 0 Å². The maximum atomic E-state index is 12.9. The molecule has 1 aromatic carbocycles. The monoisotopic (exact) mass is 417 g/mol. The molecule has 1 N–H and O–H groups in total. The van der Waals surface area contributed by atoms with E-state index in [1.807, 2.05) is 33.2 Å². The number of likely N-dealkylation sites (N-methyl/N-ethyl adjacent to an activating group) is 1. The van der Waals surface area contributed by atoms with Gasteiger partial charge < -0.3 is 4.90 Å². The van der Waals surface area contributed by atoms with Gasteiger partial charge in [-0.1, -0.05) is 28.7 Å². The zero-order valence-electron chi connectivity index (χ0n) is 15.8. The molecule has 0 aliphatic carbocycles. The molecule has 9 heteroatoms. The van der Waals surface area contributed by atoms with Crippen molar-refractivity contribution in [1.82, 2.24) is 4.98 Å². The Hall–Kier alpha value is -2.62. The fraction of sp³-hybridized carbons (Fsp3) is 0.263. The van der Waals surface area contributed by atoms with Crippen molar-refractivity contribution in [3.63, 3.8) is 0 Å². The number of hydrogen-bond donors (Lipinski definition) is 1. The van der Waals surface area contributed by atoms with Gasteiger partial charge in [-0.25, -0.2) is 4.98 Å². The first-order valence-electron chi connectivity index (χ1n) is 8.73. The third-order valence-electron chi connectivity index (χ3n) is 4.05. The number of benzene rings is 1. The third-order valence-corrected chi connectivity index (χ3v) is 6.09. The van der Waals surface area contributed by atoms with E-state index in [0.29, 0.717) is 16.6 Å². The van der Waals surface area contributed by atoms with Gasteiger partial charge in [0.15, 0.2) is 5.13 Å². The van der Waals surface area contributed by atoms with Crippen LogP contribution < -0.4 is 9.80 Å². The Balaban J connectivity index is 1.85. The van der Waals surface area contributed by atoms with Crippen molar-refractivity contribution in [2.75, 3.05) is 32.1 Å². The highest BCUT2D eigenvalue weighted by molar-refractivity contribution is 7.22. The minimum atomic E-state index is -0.431. The summed E-state index contributed by atoms with van der Waals surface area (Å²) in [4.78, 5) is 31.5. The van der Waals surface area contributed by atoms with Crippen LogP contribution in [-0.2, 0) is 4.79 Å². The molecule has 1 amide bonds. The smallest absolute Gasteiger partial charge is 0.324 e. The number of quaternary nitrogens is 1. The molecule has 0 saturated heterocycles. The molecule has 0 aliphatic heterocycles. The lowest BCUT2D eigenvalue weighted by Gasteiger charge is -2.19. The largest absolute Gasteiger partial charge is 0.338 e. The Morgan fingerprint density at radius 3 is 2.75 bits per heavy atom. The number of nitrogens with zero attached hydrogens (tertiary/aromatic N) is 3. The number of fused-ring (bicyclic) bond motifs is 1. The number of hydrogen-bond acceptors (Lipinski definition) is 6. The van der Waals surface area contributed by atoms with Crippen molar-refractivity contribution in [3.8, 4) is 0 Å². The summed E-state index contributed by atoms with van der Waals surface area (Å²) in [6, 6.07) is 9.12. The number of thiazole rings is 1.